The first-order valence-corrected chi connectivity index (χ1v) is 9.65. The average molecular weight is 396 g/mol. The number of aliphatic hydroxyl groups is 1. The molecule has 4 rings (SSSR count). The van der Waals surface area contributed by atoms with Crippen molar-refractivity contribution < 1.29 is 23.8 Å². The van der Waals surface area contributed by atoms with E-state index in [2.05, 4.69) is 4.98 Å². The van der Waals surface area contributed by atoms with E-state index in [4.69, 9.17) is 13.9 Å². The number of carbonyl (C=O) groups excluding carboxylic acids is 1. The zero-order valence-corrected chi connectivity index (χ0v) is 16.6. The lowest BCUT2D eigenvalue weighted by atomic mass is 10.1. The van der Waals surface area contributed by atoms with Gasteiger partial charge in [0.15, 0.2) is 23.0 Å². The molecule has 1 aromatic heterocycles. The summed E-state index contributed by atoms with van der Waals surface area (Å²) in [6.07, 6.45) is 1.43. The van der Waals surface area contributed by atoms with Crippen LogP contribution in [0.1, 0.15) is 34.7 Å². The Morgan fingerprint density at radius 1 is 1.14 bits per heavy atom. The molecule has 7 heteroatoms. The molecule has 2 aromatic carbocycles. The largest absolute Gasteiger partial charge is 0.493 e. The molecule has 0 bridgehead atoms. The van der Waals surface area contributed by atoms with Crippen LogP contribution in [0.5, 0.6) is 11.5 Å². The lowest BCUT2D eigenvalue weighted by Gasteiger charge is -2.29. The van der Waals surface area contributed by atoms with Crippen LogP contribution in [-0.4, -0.2) is 54.3 Å². The summed E-state index contributed by atoms with van der Waals surface area (Å²) in [5.41, 5.74) is 2.86. The maximum Gasteiger partial charge on any atom is 0.253 e. The van der Waals surface area contributed by atoms with E-state index >= 15 is 0 Å². The summed E-state index contributed by atoms with van der Waals surface area (Å²) in [5.74, 6) is 1.84. The standard InChI is InChI=1S/C22H24N2O5/c1-27-18-6-3-14(11-20(18)28-2)12-21-23-17-5-4-15(13-19(17)29-21)22(26)24-9-7-16(25)8-10-24/h3-6,11,13,16,25H,7-10,12H2,1-2H3. The van der Waals surface area contributed by atoms with Gasteiger partial charge in [-0.15, -0.1) is 0 Å². The molecule has 1 aliphatic heterocycles. The normalized spacial score (nSPS) is 14.9. The Morgan fingerprint density at radius 2 is 1.90 bits per heavy atom. The highest BCUT2D eigenvalue weighted by atomic mass is 16.5. The van der Waals surface area contributed by atoms with E-state index < -0.39 is 0 Å². The number of nitrogens with zero attached hydrogens (tertiary/aromatic N) is 2. The van der Waals surface area contributed by atoms with Gasteiger partial charge in [0.05, 0.1) is 20.3 Å². The second-order valence-corrected chi connectivity index (χ2v) is 7.18. The number of benzene rings is 2. The van der Waals surface area contributed by atoms with Crippen molar-refractivity contribution in [2.75, 3.05) is 27.3 Å². The summed E-state index contributed by atoms with van der Waals surface area (Å²) >= 11 is 0. The van der Waals surface area contributed by atoms with Crippen LogP contribution in [0.15, 0.2) is 40.8 Å². The summed E-state index contributed by atoms with van der Waals surface area (Å²) in [6, 6.07) is 11.0. The third-order valence-corrected chi connectivity index (χ3v) is 5.23. The number of hydrogen-bond acceptors (Lipinski definition) is 6. The van der Waals surface area contributed by atoms with Gasteiger partial charge in [0.1, 0.15) is 5.52 Å². The maximum absolute atomic E-state index is 12.7. The molecule has 152 valence electrons. The van der Waals surface area contributed by atoms with E-state index in [1.165, 1.54) is 0 Å². The van der Waals surface area contributed by atoms with Crippen LogP contribution in [0.4, 0.5) is 0 Å². The maximum atomic E-state index is 12.7. The van der Waals surface area contributed by atoms with Crippen LogP contribution in [0.2, 0.25) is 0 Å². The van der Waals surface area contributed by atoms with Gasteiger partial charge in [-0.25, -0.2) is 4.98 Å². The number of rotatable bonds is 5. The first kappa shape index (κ1) is 19.3. The predicted octanol–water partition coefficient (Wildman–Crippen LogP) is 3.03. The molecule has 3 aromatic rings. The summed E-state index contributed by atoms with van der Waals surface area (Å²) in [5, 5.41) is 9.63. The lowest BCUT2D eigenvalue weighted by molar-refractivity contribution is 0.0546. The van der Waals surface area contributed by atoms with Crippen molar-refractivity contribution in [3.63, 3.8) is 0 Å². The minimum absolute atomic E-state index is 0.0448. The third kappa shape index (κ3) is 4.05. The van der Waals surface area contributed by atoms with E-state index in [1.807, 2.05) is 24.3 Å². The lowest BCUT2D eigenvalue weighted by Crippen LogP contribution is -2.40. The van der Waals surface area contributed by atoms with E-state index in [0.717, 1.165) is 5.56 Å². The first-order valence-electron chi connectivity index (χ1n) is 9.65. The highest BCUT2D eigenvalue weighted by molar-refractivity contribution is 5.97. The number of oxazole rings is 1. The second kappa shape index (κ2) is 8.13. The minimum Gasteiger partial charge on any atom is -0.493 e. The summed E-state index contributed by atoms with van der Waals surface area (Å²) in [7, 11) is 3.20. The van der Waals surface area contributed by atoms with Gasteiger partial charge in [0.25, 0.3) is 5.91 Å². The van der Waals surface area contributed by atoms with Gasteiger partial charge in [-0.2, -0.15) is 0 Å². The van der Waals surface area contributed by atoms with Crippen molar-refractivity contribution in [2.45, 2.75) is 25.4 Å². The molecule has 0 saturated carbocycles. The van der Waals surface area contributed by atoms with Gasteiger partial charge >= 0.3 is 0 Å². The molecule has 7 nitrogen and oxygen atoms in total. The van der Waals surface area contributed by atoms with Gasteiger partial charge in [-0.1, -0.05) is 6.07 Å². The average Bonchev–Trinajstić information content (AvgIpc) is 3.15. The van der Waals surface area contributed by atoms with E-state index in [0.29, 0.717) is 66.4 Å². The smallest absolute Gasteiger partial charge is 0.253 e. The monoisotopic (exact) mass is 396 g/mol. The number of fused-ring (bicyclic) bond motifs is 1. The van der Waals surface area contributed by atoms with E-state index in [9.17, 15) is 9.90 Å². The highest BCUT2D eigenvalue weighted by Crippen LogP contribution is 2.29. The zero-order valence-electron chi connectivity index (χ0n) is 16.6. The van der Waals surface area contributed by atoms with Crippen LogP contribution in [0, 0.1) is 0 Å². The summed E-state index contributed by atoms with van der Waals surface area (Å²) in [4.78, 5) is 19.0. The second-order valence-electron chi connectivity index (χ2n) is 7.18. The van der Waals surface area contributed by atoms with Gasteiger partial charge in [0, 0.05) is 25.1 Å². The molecule has 0 radical (unpaired) electrons. The Hall–Kier alpha value is -3.06. The Bertz CT molecular complexity index is 1020. The predicted molar refractivity (Wildman–Crippen MR) is 108 cm³/mol. The third-order valence-electron chi connectivity index (χ3n) is 5.23. The molecule has 1 N–H and O–H groups in total. The fraction of sp³-hybridized carbons (Fsp3) is 0.364. The Morgan fingerprint density at radius 3 is 2.62 bits per heavy atom. The summed E-state index contributed by atoms with van der Waals surface area (Å²) < 4.78 is 16.5. The quantitative estimate of drug-likeness (QED) is 0.714. The topological polar surface area (TPSA) is 85.0 Å². The fourth-order valence-electron chi connectivity index (χ4n) is 3.60. The van der Waals surface area contributed by atoms with Gasteiger partial charge in [0.2, 0.25) is 0 Å². The molecule has 0 aliphatic carbocycles. The number of ether oxygens (including phenoxy) is 2. The minimum atomic E-state index is -0.310. The Kier molecular flexibility index (Phi) is 5.40. The molecular formula is C22H24N2O5. The molecule has 1 amide bonds. The molecular weight excluding hydrogens is 372 g/mol. The van der Waals surface area contributed by atoms with Crippen LogP contribution >= 0.6 is 0 Å². The number of likely N-dealkylation sites (tertiary alicyclic amines) is 1. The van der Waals surface area contributed by atoms with Crippen molar-refractivity contribution in [3.05, 3.63) is 53.4 Å². The number of carbonyl (C=O) groups is 1. The van der Waals surface area contributed by atoms with Crippen LogP contribution < -0.4 is 9.47 Å². The molecule has 1 saturated heterocycles. The van der Waals surface area contributed by atoms with Gasteiger partial charge in [-0.05, 0) is 48.7 Å². The molecule has 0 atom stereocenters. The van der Waals surface area contributed by atoms with Crippen molar-refractivity contribution in [1.82, 2.24) is 9.88 Å². The number of aliphatic hydroxyl groups excluding tert-OH is 1. The van der Waals surface area contributed by atoms with Crippen molar-refractivity contribution >= 4 is 17.0 Å². The number of piperidine rings is 1. The molecule has 1 aliphatic rings. The summed E-state index contributed by atoms with van der Waals surface area (Å²) in [6.45, 7) is 1.14. The first-order chi connectivity index (χ1) is 14.1. The number of amides is 1. The number of aromatic nitrogens is 1. The molecule has 0 spiro atoms. The van der Waals surface area contributed by atoms with E-state index in [1.54, 1.807) is 31.3 Å². The zero-order chi connectivity index (χ0) is 20.4. The number of methoxy groups -OCH3 is 2. The van der Waals surface area contributed by atoms with Crippen LogP contribution in [-0.2, 0) is 6.42 Å². The van der Waals surface area contributed by atoms with Crippen molar-refractivity contribution in [3.8, 4) is 11.5 Å². The van der Waals surface area contributed by atoms with Crippen molar-refractivity contribution in [1.29, 1.82) is 0 Å². The van der Waals surface area contributed by atoms with Gasteiger partial charge < -0.3 is 23.9 Å². The molecule has 1 fully saturated rings. The van der Waals surface area contributed by atoms with Crippen LogP contribution in [0.25, 0.3) is 11.1 Å². The van der Waals surface area contributed by atoms with Crippen LogP contribution in [0.3, 0.4) is 0 Å². The Balaban J connectivity index is 1.53. The fourth-order valence-corrected chi connectivity index (χ4v) is 3.60. The molecule has 0 unspecified atom stereocenters. The Labute approximate surface area is 168 Å². The van der Waals surface area contributed by atoms with Crippen molar-refractivity contribution in [2.24, 2.45) is 0 Å². The van der Waals surface area contributed by atoms with Gasteiger partial charge in [-0.3, -0.25) is 4.79 Å². The molecule has 29 heavy (non-hydrogen) atoms. The SMILES string of the molecule is COc1ccc(Cc2nc3ccc(C(=O)N4CCC(O)CC4)cc3o2)cc1OC. The highest BCUT2D eigenvalue weighted by Gasteiger charge is 2.23. The molecule has 2 heterocycles. The number of hydrogen-bond donors (Lipinski definition) is 1. The van der Waals surface area contributed by atoms with E-state index in [-0.39, 0.29) is 12.0 Å².